The Hall–Kier alpha value is -1.12. The summed E-state index contributed by atoms with van der Waals surface area (Å²) < 4.78 is 4.69. The van der Waals surface area contributed by atoms with Crippen LogP contribution in [-0.4, -0.2) is 17.9 Å². The highest BCUT2D eigenvalue weighted by Crippen LogP contribution is 2.00. The number of rotatable bonds is 4. The molecular weight excluding hydrogens is 144 g/mol. The maximum Gasteiger partial charge on any atom is 0.303 e. The van der Waals surface area contributed by atoms with Crippen molar-refractivity contribution in [3.63, 3.8) is 0 Å². The number of hydrogen-bond donors (Lipinski definition) is 0. The molecule has 0 rings (SSSR count). The maximum absolute atomic E-state index is 10.7. The van der Waals surface area contributed by atoms with Gasteiger partial charge in [-0.1, -0.05) is 6.08 Å². The molecule has 0 aromatic carbocycles. The first-order valence-electron chi connectivity index (χ1n) is 3.36. The molecule has 0 aliphatic carbocycles. The molecule has 0 radical (unpaired) electrons. The second-order valence-corrected chi connectivity index (χ2v) is 2.23. The Morgan fingerprint density at radius 1 is 1.55 bits per heavy atom. The summed E-state index contributed by atoms with van der Waals surface area (Å²) >= 11 is 0. The van der Waals surface area contributed by atoms with Crippen molar-refractivity contribution in [2.24, 2.45) is 0 Å². The quantitative estimate of drug-likeness (QED) is 0.452. The van der Waals surface area contributed by atoms with Crippen molar-refractivity contribution < 1.29 is 14.3 Å². The van der Waals surface area contributed by atoms with E-state index < -0.39 is 12.1 Å². The van der Waals surface area contributed by atoms with E-state index in [9.17, 15) is 9.59 Å². The molecule has 0 heterocycles. The van der Waals surface area contributed by atoms with Crippen LogP contribution in [0.1, 0.15) is 20.3 Å². The molecule has 0 saturated heterocycles. The molecule has 3 heteroatoms. The van der Waals surface area contributed by atoms with Gasteiger partial charge >= 0.3 is 5.97 Å². The molecule has 0 unspecified atom stereocenters. The molecule has 0 fully saturated rings. The van der Waals surface area contributed by atoms with Gasteiger partial charge in [0, 0.05) is 13.3 Å². The second-order valence-electron chi connectivity index (χ2n) is 2.23. The monoisotopic (exact) mass is 156 g/mol. The zero-order valence-electron chi connectivity index (χ0n) is 6.79. The van der Waals surface area contributed by atoms with Gasteiger partial charge in [0.25, 0.3) is 0 Å². The van der Waals surface area contributed by atoms with Crippen molar-refractivity contribution in [1.29, 1.82) is 0 Å². The van der Waals surface area contributed by atoms with E-state index in [-0.39, 0.29) is 5.78 Å². The van der Waals surface area contributed by atoms with Crippen LogP contribution in [0, 0.1) is 0 Å². The third-order valence-electron chi connectivity index (χ3n) is 1.14. The van der Waals surface area contributed by atoms with Gasteiger partial charge in [0.2, 0.25) is 0 Å². The van der Waals surface area contributed by atoms with Gasteiger partial charge in [-0.3, -0.25) is 9.59 Å². The fourth-order valence-electron chi connectivity index (χ4n) is 0.649. The van der Waals surface area contributed by atoms with Crippen molar-refractivity contribution in [3.8, 4) is 0 Å². The number of ketones is 1. The average Bonchev–Trinajstić information content (AvgIpc) is 1.86. The van der Waals surface area contributed by atoms with E-state index in [4.69, 9.17) is 4.74 Å². The molecule has 0 bridgehead atoms. The van der Waals surface area contributed by atoms with Crippen LogP contribution >= 0.6 is 0 Å². The van der Waals surface area contributed by atoms with Crippen molar-refractivity contribution in [2.75, 3.05) is 0 Å². The lowest BCUT2D eigenvalue weighted by molar-refractivity contribution is -0.152. The Morgan fingerprint density at radius 3 is 2.36 bits per heavy atom. The predicted molar refractivity (Wildman–Crippen MR) is 41.0 cm³/mol. The summed E-state index contributed by atoms with van der Waals surface area (Å²) in [5.74, 6) is -0.591. The van der Waals surface area contributed by atoms with Gasteiger partial charge in [-0.15, -0.1) is 6.58 Å². The molecule has 0 aromatic rings. The van der Waals surface area contributed by atoms with E-state index in [1.54, 1.807) is 6.08 Å². The molecule has 1 atom stereocenters. The van der Waals surface area contributed by atoms with Crippen molar-refractivity contribution in [3.05, 3.63) is 12.7 Å². The van der Waals surface area contributed by atoms with E-state index in [1.165, 1.54) is 13.8 Å². The van der Waals surface area contributed by atoms with E-state index >= 15 is 0 Å². The van der Waals surface area contributed by atoms with Gasteiger partial charge < -0.3 is 4.74 Å². The highest BCUT2D eigenvalue weighted by atomic mass is 16.5. The summed E-state index contributed by atoms with van der Waals surface area (Å²) in [6.45, 7) is 6.11. The zero-order valence-corrected chi connectivity index (χ0v) is 6.79. The Balaban J connectivity index is 3.99. The first-order valence-corrected chi connectivity index (χ1v) is 3.36. The summed E-state index contributed by atoms with van der Waals surface area (Å²) in [5, 5.41) is 0. The summed E-state index contributed by atoms with van der Waals surface area (Å²) in [5.41, 5.74) is 0. The Labute approximate surface area is 66.0 Å². The Bertz CT molecular complexity index is 172. The van der Waals surface area contributed by atoms with Crippen LogP contribution in [0.25, 0.3) is 0 Å². The molecule has 0 aliphatic rings. The van der Waals surface area contributed by atoms with Gasteiger partial charge in [-0.2, -0.15) is 0 Å². The maximum atomic E-state index is 10.7. The predicted octanol–water partition coefficient (Wildman–Crippen LogP) is 1.08. The van der Waals surface area contributed by atoms with Crippen LogP contribution in [0.3, 0.4) is 0 Å². The van der Waals surface area contributed by atoms with Gasteiger partial charge in [-0.05, 0) is 6.92 Å². The molecule has 0 aromatic heterocycles. The van der Waals surface area contributed by atoms with E-state index in [1.807, 2.05) is 0 Å². The molecule has 11 heavy (non-hydrogen) atoms. The van der Waals surface area contributed by atoms with E-state index in [0.717, 1.165) is 0 Å². The lowest BCUT2D eigenvalue weighted by atomic mass is 10.2. The van der Waals surface area contributed by atoms with Crippen molar-refractivity contribution >= 4 is 11.8 Å². The molecule has 0 saturated carbocycles. The summed E-state index contributed by atoms with van der Waals surface area (Å²) in [7, 11) is 0. The molecule has 0 amide bonds. The molecule has 62 valence electrons. The lowest BCUT2D eigenvalue weighted by Crippen LogP contribution is -2.23. The molecule has 3 nitrogen and oxygen atoms in total. The lowest BCUT2D eigenvalue weighted by Gasteiger charge is -2.10. The minimum Gasteiger partial charge on any atom is -0.454 e. The SMILES string of the molecule is C=CC[C@@H](OC(C)=O)C(C)=O. The zero-order chi connectivity index (χ0) is 8.85. The first kappa shape index (κ1) is 9.88. The van der Waals surface area contributed by atoms with E-state index in [0.29, 0.717) is 6.42 Å². The molecule has 0 spiro atoms. The Kier molecular flexibility index (Phi) is 4.18. The van der Waals surface area contributed by atoms with Crippen LogP contribution in [-0.2, 0) is 14.3 Å². The summed E-state index contributed by atoms with van der Waals surface area (Å²) in [6, 6.07) is 0. The first-order chi connectivity index (χ1) is 5.07. The van der Waals surface area contributed by atoms with Crippen LogP contribution in [0.2, 0.25) is 0 Å². The van der Waals surface area contributed by atoms with Crippen molar-refractivity contribution in [2.45, 2.75) is 26.4 Å². The van der Waals surface area contributed by atoms with Crippen LogP contribution in [0.15, 0.2) is 12.7 Å². The number of ether oxygens (including phenoxy) is 1. The van der Waals surface area contributed by atoms with Gasteiger partial charge in [0.05, 0.1) is 0 Å². The van der Waals surface area contributed by atoms with Gasteiger partial charge in [-0.25, -0.2) is 0 Å². The van der Waals surface area contributed by atoms with Crippen LogP contribution in [0.4, 0.5) is 0 Å². The third kappa shape index (κ3) is 4.31. The normalized spacial score (nSPS) is 11.8. The number of carbonyl (C=O) groups excluding carboxylic acids is 2. The minimum atomic E-state index is -0.648. The highest BCUT2D eigenvalue weighted by Gasteiger charge is 2.14. The van der Waals surface area contributed by atoms with E-state index in [2.05, 4.69) is 6.58 Å². The number of Topliss-reactive ketones (excluding diaryl/α,β-unsaturated/α-hetero) is 1. The Morgan fingerprint density at radius 2 is 2.09 bits per heavy atom. The highest BCUT2D eigenvalue weighted by molar-refractivity contribution is 5.83. The smallest absolute Gasteiger partial charge is 0.303 e. The fourth-order valence-corrected chi connectivity index (χ4v) is 0.649. The summed E-state index contributed by atoms with van der Waals surface area (Å²) in [4.78, 5) is 21.2. The van der Waals surface area contributed by atoms with Crippen molar-refractivity contribution in [1.82, 2.24) is 0 Å². The van der Waals surface area contributed by atoms with Gasteiger partial charge in [0.1, 0.15) is 0 Å². The number of esters is 1. The van der Waals surface area contributed by atoms with Crippen LogP contribution in [0.5, 0.6) is 0 Å². The van der Waals surface area contributed by atoms with Gasteiger partial charge in [0.15, 0.2) is 11.9 Å². The number of hydrogen-bond acceptors (Lipinski definition) is 3. The molecular formula is C8H12O3. The number of carbonyl (C=O) groups is 2. The standard InChI is InChI=1S/C8H12O3/c1-4-5-8(6(2)9)11-7(3)10/h4,8H,1,5H2,2-3H3/t8-/m1/s1. The van der Waals surface area contributed by atoms with Crippen LogP contribution < -0.4 is 0 Å². The average molecular weight is 156 g/mol. The molecule has 0 N–H and O–H groups in total. The molecule has 0 aliphatic heterocycles. The fraction of sp³-hybridized carbons (Fsp3) is 0.500. The largest absolute Gasteiger partial charge is 0.454 e. The minimum absolute atomic E-state index is 0.153. The summed E-state index contributed by atoms with van der Waals surface area (Å²) in [6.07, 6.45) is 1.29. The second kappa shape index (κ2) is 4.66. The topological polar surface area (TPSA) is 43.4 Å². The third-order valence-corrected chi connectivity index (χ3v) is 1.14.